The lowest BCUT2D eigenvalue weighted by Gasteiger charge is -2.21. The van der Waals surface area contributed by atoms with Gasteiger partial charge >= 0.3 is 5.97 Å². The minimum Gasteiger partial charge on any atom is -0.490 e. The number of carbonyl (C=O) groups is 2. The molecule has 144 valence electrons. The van der Waals surface area contributed by atoms with Gasteiger partial charge in [0.1, 0.15) is 0 Å². The zero-order chi connectivity index (χ0) is 19.8. The van der Waals surface area contributed by atoms with Crippen LogP contribution in [0.25, 0.3) is 0 Å². The van der Waals surface area contributed by atoms with Crippen LogP contribution in [0.2, 0.25) is 0 Å². The number of likely N-dealkylation sites (N-methyl/N-ethyl adjacent to an activating group) is 1. The van der Waals surface area contributed by atoms with Gasteiger partial charge in [-0.05, 0) is 51.1 Å². The lowest BCUT2D eigenvalue weighted by atomic mass is 10.2. The molecule has 2 aromatic carbocycles. The van der Waals surface area contributed by atoms with Crippen molar-refractivity contribution in [1.82, 2.24) is 0 Å². The summed E-state index contributed by atoms with van der Waals surface area (Å²) in [6.45, 7) is 6.20. The van der Waals surface area contributed by atoms with Crippen molar-refractivity contribution in [3.63, 3.8) is 0 Å². The number of amides is 1. The molecule has 0 fully saturated rings. The third-order valence-corrected chi connectivity index (χ3v) is 3.88. The Hall–Kier alpha value is -3.02. The van der Waals surface area contributed by atoms with Crippen LogP contribution in [-0.4, -0.2) is 38.2 Å². The Bertz CT molecular complexity index is 775. The molecule has 0 saturated heterocycles. The minimum absolute atomic E-state index is 0.295. The highest BCUT2D eigenvalue weighted by molar-refractivity contribution is 5.98. The fourth-order valence-electron chi connectivity index (χ4n) is 2.51. The number of ether oxygens (including phenoxy) is 3. The molecular formula is C21H25NO5. The molecule has 0 unspecified atom stereocenters. The second-order valence-corrected chi connectivity index (χ2v) is 5.81. The number of hydrogen-bond donors (Lipinski definition) is 0. The van der Waals surface area contributed by atoms with Crippen LogP contribution in [0.5, 0.6) is 11.5 Å². The fourth-order valence-corrected chi connectivity index (χ4v) is 2.51. The highest BCUT2D eigenvalue weighted by atomic mass is 16.5. The lowest BCUT2D eigenvalue weighted by Crippen LogP contribution is -2.37. The Labute approximate surface area is 159 Å². The monoisotopic (exact) mass is 371 g/mol. The maximum atomic E-state index is 12.5. The molecule has 0 heterocycles. The van der Waals surface area contributed by atoms with Crippen molar-refractivity contribution in [3.05, 3.63) is 54.1 Å². The largest absolute Gasteiger partial charge is 0.490 e. The van der Waals surface area contributed by atoms with E-state index in [0.29, 0.717) is 30.3 Å². The first kappa shape index (κ1) is 20.3. The molecule has 1 amide bonds. The van der Waals surface area contributed by atoms with E-state index in [2.05, 4.69) is 0 Å². The third kappa shape index (κ3) is 5.23. The molecule has 6 nitrogen and oxygen atoms in total. The molecule has 0 aliphatic rings. The van der Waals surface area contributed by atoms with Crippen LogP contribution in [0.3, 0.4) is 0 Å². The van der Waals surface area contributed by atoms with Crippen molar-refractivity contribution < 1.29 is 23.8 Å². The Morgan fingerprint density at radius 3 is 2.22 bits per heavy atom. The molecule has 0 saturated carbocycles. The van der Waals surface area contributed by atoms with Crippen molar-refractivity contribution >= 4 is 17.6 Å². The summed E-state index contributed by atoms with van der Waals surface area (Å²) in [6.07, 6.45) is -0.926. The number of anilines is 1. The molecule has 2 rings (SSSR count). The highest BCUT2D eigenvalue weighted by Crippen LogP contribution is 2.29. The second kappa shape index (κ2) is 9.62. The first-order valence-corrected chi connectivity index (χ1v) is 8.91. The summed E-state index contributed by atoms with van der Waals surface area (Å²) in [5.74, 6) is 0.116. The molecule has 2 aromatic rings. The van der Waals surface area contributed by atoms with E-state index in [1.165, 1.54) is 4.90 Å². The van der Waals surface area contributed by atoms with Crippen LogP contribution in [0.15, 0.2) is 48.5 Å². The summed E-state index contributed by atoms with van der Waals surface area (Å²) in [5.41, 5.74) is 1.02. The predicted molar refractivity (Wildman–Crippen MR) is 104 cm³/mol. The van der Waals surface area contributed by atoms with Gasteiger partial charge in [-0.2, -0.15) is 0 Å². The topological polar surface area (TPSA) is 65.1 Å². The summed E-state index contributed by atoms with van der Waals surface area (Å²) in [6, 6.07) is 14.0. The number of carbonyl (C=O) groups excluding carboxylic acids is 2. The molecule has 0 bridgehead atoms. The van der Waals surface area contributed by atoms with Gasteiger partial charge < -0.3 is 19.1 Å². The minimum atomic E-state index is -0.926. The van der Waals surface area contributed by atoms with Gasteiger partial charge in [-0.3, -0.25) is 4.79 Å². The second-order valence-electron chi connectivity index (χ2n) is 5.81. The Morgan fingerprint density at radius 2 is 1.59 bits per heavy atom. The SMILES string of the molecule is CCOc1ccc(C(=O)O[C@H](C)C(=O)N(C)c2ccccc2)cc1OCC. The average Bonchev–Trinajstić information content (AvgIpc) is 2.69. The lowest BCUT2D eigenvalue weighted by molar-refractivity contribution is -0.126. The molecule has 0 aromatic heterocycles. The number of esters is 1. The number of hydrogen-bond acceptors (Lipinski definition) is 5. The van der Waals surface area contributed by atoms with Gasteiger partial charge in [-0.15, -0.1) is 0 Å². The molecule has 0 aliphatic heterocycles. The summed E-state index contributed by atoms with van der Waals surface area (Å²) in [4.78, 5) is 26.4. The number of rotatable bonds is 8. The highest BCUT2D eigenvalue weighted by Gasteiger charge is 2.23. The van der Waals surface area contributed by atoms with E-state index in [9.17, 15) is 9.59 Å². The number of nitrogens with zero attached hydrogens (tertiary/aromatic N) is 1. The van der Waals surface area contributed by atoms with Gasteiger partial charge in [0.05, 0.1) is 18.8 Å². The average molecular weight is 371 g/mol. The van der Waals surface area contributed by atoms with Gasteiger partial charge in [0, 0.05) is 12.7 Å². The van der Waals surface area contributed by atoms with Crippen molar-refractivity contribution in [2.75, 3.05) is 25.2 Å². The third-order valence-electron chi connectivity index (χ3n) is 3.88. The van der Waals surface area contributed by atoms with Gasteiger partial charge in [-0.1, -0.05) is 18.2 Å². The van der Waals surface area contributed by atoms with E-state index >= 15 is 0 Å². The van der Waals surface area contributed by atoms with Crippen LogP contribution < -0.4 is 14.4 Å². The molecule has 6 heteroatoms. The van der Waals surface area contributed by atoms with Crippen molar-refractivity contribution in [2.45, 2.75) is 26.9 Å². The quantitative estimate of drug-likeness (QED) is 0.662. The van der Waals surface area contributed by atoms with E-state index in [-0.39, 0.29) is 5.91 Å². The summed E-state index contributed by atoms with van der Waals surface area (Å²) >= 11 is 0. The van der Waals surface area contributed by atoms with Gasteiger partial charge in [-0.25, -0.2) is 4.79 Å². The summed E-state index contributed by atoms with van der Waals surface area (Å²) in [7, 11) is 1.64. The molecule has 1 atom stereocenters. The van der Waals surface area contributed by atoms with E-state index in [0.717, 1.165) is 5.69 Å². The fraction of sp³-hybridized carbons (Fsp3) is 0.333. The molecule has 0 spiro atoms. The molecule has 0 N–H and O–H groups in total. The van der Waals surface area contributed by atoms with Crippen molar-refractivity contribution in [3.8, 4) is 11.5 Å². The van der Waals surface area contributed by atoms with Crippen LogP contribution in [0.1, 0.15) is 31.1 Å². The van der Waals surface area contributed by atoms with Crippen molar-refractivity contribution in [2.24, 2.45) is 0 Å². The normalized spacial score (nSPS) is 11.4. The van der Waals surface area contributed by atoms with Crippen molar-refractivity contribution in [1.29, 1.82) is 0 Å². The maximum absolute atomic E-state index is 12.5. The zero-order valence-corrected chi connectivity index (χ0v) is 16.1. The Kier molecular flexibility index (Phi) is 7.23. The van der Waals surface area contributed by atoms with E-state index in [1.807, 2.05) is 44.2 Å². The first-order chi connectivity index (χ1) is 13.0. The summed E-state index contributed by atoms with van der Waals surface area (Å²) < 4.78 is 16.4. The zero-order valence-electron chi connectivity index (χ0n) is 16.1. The van der Waals surface area contributed by atoms with E-state index < -0.39 is 12.1 Å². The smallest absolute Gasteiger partial charge is 0.339 e. The predicted octanol–water partition coefficient (Wildman–Crippen LogP) is 3.69. The van der Waals surface area contributed by atoms with Gasteiger partial charge in [0.15, 0.2) is 17.6 Å². The molecular weight excluding hydrogens is 346 g/mol. The van der Waals surface area contributed by atoms with Gasteiger partial charge in [0.2, 0.25) is 0 Å². The molecule has 27 heavy (non-hydrogen) atoms. The van der Waals surface area contributed by atoms with Gasteiger partial charge in [0.25, 0.3) is 5.91 Å². The van der Waals surface area contributed by atoms with Crippen LogP contribution in [0, 0.1) is 0 Å². The molecule has 0 radical (unpaired) electrons. The van der Waals surface area contributed by atoms with E-state index in [4.69, 9.17) is 14.2 Å². The Morgan fingerprint density at radius 1 is 0.963 bits per heavy atom. The summed E-state index contributed by atoms with van der Waals surface area (Å²) in [5, 5.41) is 0. The first-order valence-electron chi connectivity index (χ1n) is 8.91. The maximum Gasteiger partial charge on any atom is 0.339 e. The Balaban J connectivity index is 2.09. The van der Waals surface area contributed by atoms with Crippen LogP contribution >= 0.6 is 0 Å². The number of benzene rings is 2. The van der Waals surface area contributed by atoms with Crippen LogP contribution in [0.4, 0.5) is 5.69 Å². The van der Waals surface area contributed by atoms with Crippen LogP contribution in [-0.2, 0) is 9.53 Å². The molecule has 0 aliphatic carbocycles. The van der Waals surface area contributed by atoms with E-state index in [1.54, 1.807) is 32.2 Å². The standard InChI is InChI=1S/C21H25NO5/c1-5-25-18-13-12-16(14-19(18)26-6-2)21(24)27-15(3)20(23)22(4)17-10-8-7-9-11-17/h7-15H,5-6H2,1-4H3/t15-/m1/s1. The number of para-hydroxylation sites is 1.